The van der Waals surface area contributed by atoms with E-state index in [1.807, 2.05) is 0 Å². The third-order valence-corrected chi connectivity index (χ3v) is 3.03. The monoisotopic (exact) mass is 194 g/mol. The summed E-state index contributed by atoms with van der Waals surface area (Å²) in [6.45, 7) is 0. The van der Waals surface area contributed by atoms with E-state index in [4.69, 9.17) is 0 Å². The normalized spacial score (nSPS) is 22.9. The standard InChI is InChI=1S/C11H18N2O/c14-11(12-9-5-1-2-6-9)13-10-7-3-4-8-10/h1-2,9-10H,3-8H2,(H2,12,13,14). The second kappa shape index (κ2) is 4.49. The third-order valence-electron chi connectivity index (χ3n) is 3.03. The molecular formula is C11H18N2O. The molecule has 0 radical (unpaired) electrons. The Bertz CT molecular complexity index is 217. The highest BCUT2D eigenvalue weighted by Crippen LogP contribution is 2.17. The van der Waals surface area contributed by atoms with E-state index in [-0.39, 0.29) is 6.03 Å². The topological polar surface area (TPSA) is 41.1 Å². The first-order valence-electron chi connectivity index (χ1n) is 5.56. The van der Waals surface area contributed by atoms with Gasteiger partial charge >= 0.3 is 6.03 Å². The van der Waals surface area contributed by atoms with Gasteiger partial charge in [0.2, 0.25) is 0 Å². The van der Waals surface area contributed by atoms with Crippen molar-refractivity contribution in [3.05, 3.63) is 12.2 Å². The van der Waals surface area contributed by atoms with Crippen molar-refractivity contribution in [2.24, 2.45) is 0 Å². The highest BCUT2D eigenvalue weighted by Gasteiger charge is 2.19. The molecule has 3 heteroatoms. The molecule has 1 saturated carbocycles. The SMILES string of the molecule is O=C(NC1CC=CC1)NC1CCCC1. The predicted octanol–water partition coefficient (Wildman–Crippen LogP) is 1.95. The number of urea groups is 1. The van der Waals surface area contributed by atoms with Gasteiger partial charge in [-0.1, -0.05) is 25.0 Å². The van der Waals surface area contributed by atoms with Crippen LogP contribution in [0, 0.1) is 0 Å². The molecule has 0 spiro atoms. The predicted molar refractivity (Wildman–Crippen MR) is 56.1 cm³/mol. The van der Waals surface area contributed by atoms with Crippen molar-refractivity contribution in [2.45, 2.75) is 50.6 Å². The summed E-state index contributed by atoms with van der Waals surface area (Å²) < 4.78 is 0. The lowest BCUT2D eigenvalue weighted by atomic mass is 10.2. The van der Waals surface area contributed by atoms with E-state index in [0.717, 1.165) is 25.7 Å². The molecule has 0 heterocycles. The van der Waals surface area contributed by atoms with Crippen molar-refractivity contribution in [1.82, 2.24) is 10.6 Å². The fourth-order valence-electron chi connectivity index (χ4n) is 2.22. The van der Waals surface area contributed by atoms with Gasteiger partial charge in [0.05, 0.1) is 0 Å². The van der Waals surface area contributed by atoms with Crippen LogP contribution in [0.4, 0.5) is 4.79 Å². The molecule has 0 atom stereocenters. The van der Waals surface area contributed by atoms with E-state index in [2.05, 4.69) is 22.8 Å². The summed E-state index contributed by atoms with van der Waals surface area (Å²) >= 11 is 0. The minimum Gasteiger partial charge on any atom is -0.335 e. The Morgan fingerprint density at radius 1 is 1.00 bits per heavy atom. The van der Waals surface area contributed by atoms with Crippen LogP contribution in [-0.4, -0.2) is 18.1 Å². The van der Waals surface area contributed by atoms with Gasteiger partial charge in [0.25, 0.3) is 0 Å². The highest BCUT2D eigenvalue weighted by molar-refractivity contribution is 5.74. The summed E-state index contributed by atoms with van der Waals surface area (Å²) in [5.74, 6) is 0. The number of hydrogen-bond donors (Lipinski definition) is 2. The van der Waals surface area contributed by atoms with Crippen LogP contribution in [0.5, 0.6) is 0 Å². The second-order valence-corrected chi connectivity index (χ2v) is 4.24. The zero-order valence-corrected chi connectivity index (χ0v) is 8.46. The van der Waals surface area contributed by atoms with Gasteiger partial charge in [-0.3, -0.25) is 0 Å². The zero-order valence-electron chi connectivity index (χ0n) is 8.46. The average molecular weight is 194 g/mol. The van der Waals surface area contributed by atoms with E-state index in [9.17, 15) is 4.79 Å². The number of carbonyl (C=O) groups excluding carboxylic acids is 1. The zero-order chi connectivity index (χ0) is 9.80. The molecule has 2 amide bonds. The Kier molecular flexibility index (Phi) is 3.07. The summed E-state index contributed by atoms with van der Waals surface area (Å²) in [4.78, 5) is 11.5. The number of rotatable bonds is 2. The largest absolute Gasteiger partial charge is 0.335 e. The first-order valence-corrected chi connectivity index (χ1v) is 5.56. The Morgan fingerprint density at radius 3 is 2.21 bits per heavy atom. The molecule has 2 N–H and O–H groups in total. The lowest BCUT2D eigenvalue weighted by Gasteiger charge is -2.16. The summed E-state index contributed by atoms with van der Waals surface area (Å²) in [7, 11) is 0. The lowest BCUT2D eigenvalue weighted by Crippen LogP contribution is -2.44. The maximum absolute atomic E-state index is 11.5. The number of nitrogens with one attached hydrogen (secondary N) is 2. The number of carbonyl (C=O) groups is 1. The molecule has 1 fully saturated rings. The van der Waals surface area contributed by atoms with Crippen LogP contribution >= 0.6 is 0 Å². The van der Waals surface area contributed by atoms with Gasteiger partial charge in [0.15, 0.2) is 0 Å². The van der Waals surface area contributed by atoms with Crippen LogP contribution in [0.25, 0.3) is 0 Å². The minimum absolute atomic E-state index is 0.0191. The maximum Gasteiger partial charge on any atom is 0.315 e. The van der Waals surface area contributed by atoms with Gasteiger partial charge < -0.3 is 10.6 Å². The van der Waals surface area contributed by atoms with Gasteiger partial charge in [-0.05, 0) is 25.7 Å². The molecule has 2 aliphatic rings. The van der Waals surface area contributed by atoms with Crippen LogP contribution in [0.3, 0.4) is 0 Å². The van der Waals surface area contributed by atoms with Crippen molar-refractivity contribution in [1.29, 1.82) is 0 Å². The fourth-order valence-corrected chi connectivity index (χ4v) is 2.22. The van der Waals surface area contributed by atoms with Crippen molar-refractivity contribution in [3.63, 3.8) is 0 Å². The van der Waals surface area contributed by atoms with Crippen molar-refractivity contribution < 1.29 is 4.79 Å². The van der Waals surface area contributed by atoms with Gasteiger partial charge in [-0.2, -0.15) is 0 Å². The van der Waals surface area contributed by atoms with Crippen LogP contribution in [0.1, 0.15) is 38.5 Å². The summed E-state index contributed by atoms with van der Waals surface area (Å²) in [6.07, 6.45) is 11.0. The number of amides is 2. The van der Waals surface area contributed by atoms with Crippen molar-refractivity contribution in [2.75, 3.05) is 0 Å². The van der Waals surface area contributed by atoms with Crippen LogP contribution in [0.15, 0.2) is 12.2 Å². The first-order chi connectivity index (χ1) is 6.84. The Balaban J connectivity index is 1.67. The molecule has 0 aliphatic heterocycles. The van der Waals surface area contributed by atoms with Crippen molar-refractivity contribution in [3.8, 4) is 0 Å². The minimum atomic E-state index is 0.0191. The summed E-state index contributed by atoms with van der Waals surface area (Å²) in [5.41, 5.74) is 0. The molecule has 2 aliphatic carbocycles. The Morgan fingerprint density at radius 2 is 1.57 bits per heavy atom. The quantitative estimate of drug-likeness (QED) is 0.648. The first kappa shape index (κ1) is 9.56. The van der Waals surface area contributed by atoms with E-state index < -0.39 is 0 Å². The van der Waals surface area contributed by atoms with E-state index in [1.165, 1.54) is 12.8 Å². The van der Waals surface area contributed by atoms with Gasteiger partial charge in [0, 0.05) is 12.1 Å². The molecular weight excluding hydrogens is 176 g/mol. The van der Waals surface area contributed by atoms with Crippen molar-refractivity contribution >= 4 is 6.03 Å². The summed E-state index contributed by atoms with van der Waals surface area (Å²) in [6, 6.07) is 0.770. The Hall–Kier alpha value is -0.990. The van der Waals surface area contributed by atoms with Gasteiger partial charge in [0.1, 0.15) is 0 Å². The Labute approximate surface area is 84.9 Å². The van der Waals surface area contributed by atoms with Gasteiger partial charge in [-0.25, -0.2) is 4.79 Å². The average Bonchev–Trinajstić information content (AvgIpc) is 2.76. The third kappa shape index (κ3) is 2.50. The van der Waals surface area contributed by atoms with E-state index in [0.29, 0.717) is 12.1 Å². The molecule has 0 saturated heterocycles. The summed E-state index contributed by atoms with van der Waals surface area (Å²) in [5, 5.41) is 6.02. The number of hydrogen-bond acceptors (Lipinski definition) is 1. The van der Waals surface area contributed by atoms with E-state index in [1.54, 1.807) is 0 Å². The molecule has 0 aromatic rings. The van der Waals surface area contributed by atoms with Crippen LogP contribution in [-0.2, 0) is 0 Å². The molecule has 14 heavy (non-hydrogen) atoms. The smallest absolute Gasteiger partial charge is 0.315 e. The highest BCUT2D eigenvalue weighted by atomic mass is 16.2. The van der Waals surface area contributed by atoms with E-state index >= 15 is 0 Å². The molecule has 2 rings (SSSR count). The molecule has 0 bridgehead atoms. The van der Waals surface area contributed by atoms with Gasteiger partial charge in [-0.15, -0.1) is 0 Å². The van der Waals surface area contributed by atoms with Crippen LogP contribution < -0.4 is 10.6 Å². The fraction of sp³-hybridized carbons (Fsp3) is 0.727. The molecule has 0 aromatic heterocycles. The van der Waals surface area contributed by atoms with Crippen LogP contribution in [0.2, 0.25) is 0 Å². The molecule has 3 nitrogen and oxygen atoms in total. The second-order valence-electron chi connectivity index (χ2n) is 4.24. The maximum atomic E-state index is 11.5. The molecule has 0 aromatic carbocycles. The molecule has 0 unspecified atom stereocenters. The molecule has 78 valence electrons. The lowest BCUT2D eigenvalue weighted by molar-refractivity contribution is 0.233.